The molecule has 4 heteroatoms. The number of hydrogen-bond donors (Lipinski definition) is 0. The number of hydrogen-bond acceptors (Lipinski definition) is 1. The van der Waals surface area contributed by atoms with Gasteiger partial charge in [0.05, 0.1) is 5.56 Å². The lowest BCUT2D eigenvalue weighted by Crippen LogP contribution is -2.32. The van der Waals surface area contributed by atoms with E-state index >= 15 is 0 Å². The molecule has 2 nitrogen and oxygen atoms in total. The fourth-order valence-electron chi connectivity index (χ4n) is 2.11. The van der Waals surface area contributed by atoms with Gasteiger partial charge in [-0.15, -0.1) is 0 Å². The summed E-state index contributed by atoms with van der Waals surface area (Å²) >= 11 is 6.86. The highest BCUT2D eigenvalue weighted by molar-refractivity contribution is 9.11. The predicted octanol–water partition coefficient (Wildman–Crippen LogP) is 4.23. The minimum Gasteiger partial charge on any atom is -0.339 e. The normalized spacial score (nSPS) is 16.7. The summed E-state index contributed by atoms with van der Waals surface area (Å²) in [7, 11) is 0. The van der Waals surface area contributed by atoms with E-state index in [1.807, 2.05) is 23.1 Å². The van der Waals surface area contributed by atoms with Gasteiger partial charge in [0, 0.05) is 22.0 Å². The molecule has 0 N–H and O–H groups in total. The van der Waals surface area contributed by atoms with Crippen LogP contribution in [0.25, 0.3) is 0 Å². The van der Waals surface area contributed by atoms with Crippen LogP contribution < -0.4 is 0 Å². The summed E-state index contributed by atoms with van der Waals surface area (Å²) in [6.07, 6.45) is 4.72. The molecule has 0 unspecified atom stereocenters. The van der Waals surface area contributed by atoms with E-state index in [1.54, 1.807) is 0 Å². The van der Waals surface area contributed by atoms with Crippen LogP contribution in [0.2, 0.25) is 0 Å². The Labute approximate surface area is 119 Å². The maximum atomic E-state index is 12.4. The van der Waals surface area contributed by atoms with Crippen molar-refractivity contribution >= 4 is 37.8 Å². The zero-order chi connectivity index (χ0) is 12.3. The fraction of sp³-hybridized carbons (Fsp3) is 0.462. The Kier molecular flexibility index (Phi) is 4.62. The smallest absolute Gasteiger partial charge is 0.255 e. The predicted molar refractivity (Wildman–Crippen MR) is 76.2 cm³/mol. The minimum absolute atomic E-state index is 0.139. The van der Waals surface area contributed by atoms with Crippen molar-refractivity contribution in [3.63, 3.8) is 0 Å². The molecule has 1 amide bonds. The molecule has 1 fully saturated rings. The van der Waals surface area contributed by atoms with Crippen LogP contribution in [0.1, 0.15) is 36.0 Å². The highest BCUT2D eigenvalue weighted by atomic mass is 79.9. The Balaban J connectivity index is 2.20. The summed E-state index contributed by atoms with van der Waals surface area (Å²) in [5.74, 6) is 0.139. The highest BCUT2D eigenvalue weighted by Gasteiger charge is 2.19. The van der Waals surface area contributed by atoms with E-state index in [0.29, 0.717) is 0 Å². The molecular formula is C13H15Br2NO. The Bertz CT molecular complexity index is 412. The van der Waals surface area contributed by atoms with E-state index in [2.05, 4.69) is 31.9 Å². The Morgan fingerprint density at radius 3 is 2.35 bits per heavy atom. The highest BCUT2D eigenvalue weighted by Crippen LogP contribution is 2.24. The van der Waals surface area contributed by atoms with Crippen molar-refractivity contribution in [3.8, 4) is 0 Å². The molecule has 0 aromatic heterocycles. The number of rotatable bonds is 1. The van der Waals surface area contributed by atoms with Gasteiger partial charge in [-0.2, -0.15) is 0 Å². The molecule has 1 aliphatic rings. The SMILES string of the molecule is O=C(c1cc(Br)ccc1Br)N1CCCCCC1. The molecule has 1 saturated heterocycles. The first kappa shape index (κ1) is 13.1. The van der Waals surface area contributed by atoms with Crippen molar-refractivity contribution in [2.24, 2.45) is 0 Å². The fourth-order valence-corrected chi connectivity index (χ4v) is 2.88. The average molecular weight is 361 g/mol. The lowest BCUT2D eigenvalue weighted by Gasteiger charge is -2.21. The second kappa shape index (κ2) is 6.01. The number of carbonyl (C=O) groups excluding carboxylic acids is 1. The zero-order valence-electron chi connectivity index (χ0n) is 9.59. The topological polar surface area (TPSA) is 20.3 Å². The Morgan fingerprint density at radius 1 is 1.06 bits per heavy atom. The third-order valence-corrected chi connectivity index (χ3v) is 4.24. The van der Waals surface area contributed by atoms with E-state index in [-0.39, 0.29) is 5.91 Å². The first-order valence-corrected chi connectivity index (χ1v) is 7.51. The van der Waals surface area contributed by atoms with Crippen LogP contribution in [0.15, 0.2) is 27.1 Å². The van der Waals surface area contributed by atoms with Gasteiger partial charge >= 0.3 is 0 Å². The Hall–Kier alpha value is -0.350. The summed E-state index contributed by atoms with van der Waals surface area (Å²) in [6, 6.07) is 5.73. The molecule has 1 aliphatic heterocycles. The van der Waals surface area contributed by atoms with Crippen molar-refractivity contribution in [2.75, 3.05) is 13.1 Å². The average Bonchev–Trinajstić information content (AvgIpc) is 2.60. The van der Waals surface area contributed by atoms with Gasteiger partial charge in [-0.3, -0.25) is 4.79 Å². The van der Waals surface area contributed by atoms with Crippen molar-refractivity contribution in [3.05, 3.63) is 32.7 Å². The molecule has 0 spiro atoms. The summed E-state index contributed by atoms with van der Waals surface area (Å²) in [4.78, 5) is 14.4. The van der Waals surface area contributed by atoms with E-state index in [1.165, 1.54) is 12.8 Å². The van der Waals surface area contributed by atoms with E-state index in [9.17, 15) is 4.79 Å². The van der Waals surface area contributed by atoms with Crippen LogP contribution in [0.4, 0.5) is 0 Å². The number of halogens is 2. The van der Waals surface area contributed by atoms with Crippen molar-refractivity contribution in [1.82, 2.24) is 4.90 Å². The van der Waals surface area contributed by atoms with Crippen molar-refractivity contribution < 1.29 is 4.79 Å². The van der Waals surface area contributed by atoms with Gasteiger partial charge in [0.1, 0.15) is 0 Å². The molecule has 2 rings (SSSR count). The van der Waals surface area contributed by atoms with Gasteiger partial charge in [-0.25, -0.2) is 0 Å². The minimum atomic E-state index is 0.139. The number of likely N-dealkylation sites (tertiary alicyclic amines) is 1. The number of carbonyl (C=O) groups is 1. The first-order chi connectivity index (χ1) is 8.18. The van der Waals surface area contributed by atoms with Crippen LogP contribution in [0, 0.1) is 0 Å². The van der Waals surface area contributed by atoms with Gasteiger partial charge in [-0.1, -0.05) is 28.8 Å². The second-order valence-corrected chi connectivity index (χ2v) is 6.10. The first-order valence-electron chi connectivity index (χ1n) is 5.93. The molecule has 0 atom stereocenters. The Morgan fingerprint density at radius 2 is 1.71 bits per heavy atom. The van der Waals surface area contributed by atoms with Crippen molar-refractivity contribution in [1.29, 1.82) is 0 Å². The van der Waals surface area contributed by atoms with Gasteiger partial charge in [0.15, 0.2) is 0 Å². The molecule has 1 heterocycles. The number of benzene rings is 1. The molecule has 0 bridgehead atoms. The van der Waals surface area contributed by atoms with Gasteiger partial charge < -0.3 is 4.90 Å². The van der Waals surface area contributed by atoms with Crippen LogP contribution in [-0.2, 0) is 0 Å². The molecular weight excluding hydrogens is 346 g/mol. The van der Waals surface area contributed by atoms with Gasteiger partial charge in [0.2, 0.25) is 0 Å². The van der Waals surface area contributed by atoms with Crippen LogP contribution >= 0.6 is 31.9 Å². The summed E-state index contributed by atoms with van der Waals surface area (Å²) in [6.45, 7) is 1.77. The molecule has 0 radical (unpaired) electrons. The number of nitrogens with zero attached hydrogens (tertiary/aromatic N) is 1. The number of amides is 1. The summed E-state index contributed by atoms with van der Waals surface area (Å²) in [5.41, 5.74) is 0.751. The van der Waals surface area contributed by atoms with Crippen molar-refractivity contribution in [2.45, 2.75) is 25.7 Å². The quantitative estimate of drug-likeness (QED) is 0.733. The van der Waals surface area contributed by atoms with Crippen LogP contribution in [0.5, 0.6) is 0 Å². The van der Waals surface area contributed by atoms with E-state index in [0.717, 1.165) is 40.4 Å². The lowest BCUT2D eigenvalue weighted by molar-refractivity contribution is 0.0760. The monoisotopic (exact) mass is 359 g/mol. The second-order valence-electron chi connectivity index (χ2n) is 4.33. The molecule has 17 heavy (non-hydrogen) atoms. The van der Waals surface area contributed by atoms with E-state index < -0.39 is 0 Å². The largest absolute Gasteiger partial charge is 0.339 e. The van der Waals surface area contributed by atoms with E-state index in [4.69, 9.17) is 0 Å². The molecule has 92 valence electrons. The maximum Gasteiger partial charge on any atom is 0.255 e. The third kappa shape index (κ3) is 3.32. The molecule has 0 aliphatic carbocycles. The molecule has 1 aromatic carbocycles. The zero-order valence-corrected chi connectivity index (χ0v) is 12.8. The summed E-state index contributed by atoms with van der Waals surface area (Å²) in [5, 5.41) is 0. The standard InChI is InChI=1S/C13H15Br2NO/c14-10-5-6-12(15)11(9-10)13(17)16-7-3-1-2-4-8-16/h5-6,9H,1-4,7-8H2. The maximum absolute atomic E-state index is 12.4. The lowest BCUT2D eigenvalue weighted by atomic mass is 10.2. The molecule has 1 aromatic rings. The third-order valence-electron chi connectivity index (χ3n) is 3.05. The molecule has 0 saturated carbocycles. The van der Waals surface area contributed by atoms with Gasteiger partial charge in [-0.05, 0) is 47.0 Å². The van der Waals surface area contributed by atoms with Gasteiger partial charge in [0.25, 0.3) is 5.91 Å². The van der Waals surface area contributed by atoms with Crippen LogP contribution in [-0.4, -0.2) is 23.9 Å². The van der Waals surface area contributed by atoms with Crippen LogP contribution in [0.3, 0.4) is 0 Å². The summed E-state index contributed by atoms with van der Waals surface area (Å²) < 4.78 is 1.81.